The Morgan fingerprint density at radius 2 is 1.93 bits per heavy atom. The van der Waals surface area contributed by atoms with Crippen molar-refractivity contribution in [3.05, 3.63) is 52.0 Å². The zero-order valence-electron chi connectivity index (χ0n) is 17.0. The molecule has 4 heterocycles. The molecule has 2 aliphatic rings. The number of carbonyl (C=O) groups is 1. The Balaban J connectivity index is 1.32. The normalized spacial score (nSPS) is 20.8. The topological polar surface area (TPSA) is 94.2 Å². The molecule has 2 saturated heterocycles. The van der Waals surface area contributed by atoms with Crippen molar-refractivity contribution in [1.82, 2.24) is 25.2 Å². The first-order valence-electron chi connectivity index (χ1n) is 10.3. The van der Waals surface area contributed by atoms with E-state index < -0.39 is 0 Å². The number of pyridine rings is 1. The molecule has 2 aromatic rings. The van der Waals surface area contributed by atoms with Crippen molar-refractivity contribution in [2.24, 2.45) is 0 Å². The van der Waals surface area contributed by atoms with Gasteiger partial charge in [0.1, 0.15) is 11.5 Å². The quantitative estimate of drug-likeness (QED) is 0.809. The van der Waals surface area contributed by atoms with Crippen LogP contribution in [0.3, 0.4) is 0 Å². The summed E-state index contributed by atoms with van der Waals surface area (Å²) in [6.45, 7) is 5.75. The minimum atomic E-state index is -0.164. The highest BCUT2D eigenvalue weighted by Crippen LogP contribution is 2.30. The lowest BCUT2D eigenvalue weighted by Crippen LogP contribution is -2.44. The molecule has 2 aromatic heterocycles. The number of anilines is 1. The predicted molar refractivity (Wildman–Crippen MR) is 111 cm³/mol. The van der Waals surface area contributed by atoms with Crippen LogP contribution in [-0.2, 0) is 0 Å². The highest BCUT2D eigenvalue weighted by molar-refractivity contribution is 5.92. The zero-order valence-corrected chi connectivity index (χ0v) is 17.0. The number of hydrogen-bond donors (Lipinski definition) is 2. The number of aromatic nitrogens is 3. The maximum absolute atomic E-state index is 11.9. The van der Waals surface area contributed by atoms with Gasteiger partial charge < -0.3 is 15.2 Å². The molecule has 154 valence electrons. The molecule has 29 heavy (non-hydrogen) atoms. The average molecular weight is 396 g/mol. The Morgan fingerprint density at radius 1 is 1.14 bits per heavy atom. The molecule has 2 N–H and O–H groups in total. The molecule has 8 heteroatoms. The van der Waals surface area contributed by atoms with E-state index in [1.54, 1.807) is 32.4 Å². The summed E-state index contributed by atoms with van der Waals surface area (Å²) in [5, 5.41) is 2.59. The largest absolute Gasteiger partial charge is 0.370 e. The van der Waals surface area contributed by atoms with Crippen molar-refractivity contribution >= 4 is 11.6 Å². The maximum atomic E-state index is 11.9. The number of aromatic amines is 1. The van der Waals surface area contributed by atoms with Crippen LogP contribution in [0.1, 0.15) is 47.1 Å². The second-order valence-electron chi connectivity index (χ2n) is 7.96. The smallest absolute Gasteiger partial charge is 0.269 e. The monoisotopic (exact) mass is 396 g/mol. The molecule has 0 saturated carbocycles. The van der Waals surface area contributed by atoms with Gasteiger partial charge in [0.25, 0.3) is 11.5 Å². The molecule has 1 amide bonds. The van der Waals surface area contributed by atoms with Gasteiger partial charge >= 0.3 is 0 Å². The number of hydrogen-bond acceptors (Lipinski definition) is 6. The summed E-state index contributed by atoms with van der Waals surface area (Å²) >= 11 is 0. The van der Waals surface area contributed by atoms with E-state index >= 15 is 0 Å². The van der Waals surface area contributed by atoms with Crippen molar-refractivity contribution in [3.63, 3.8) is 0 Å². The van der Waals surface area contributed by atoms with E-state index in [2.05, 4.69) is 30.1 Å². The lowest BCUT2D eigenvalue weighted by Gasteiger charge is -2.37. The number of nitrogens with zero attached hydrogens (tertiary/aromatic N) is 4. The van der Waals surface area contributed by atoms with E-state index in [1.165, 1.54) is 0 Å². The highest BCUT2D eigenvalue weighted by Gasteiger charge is 2.32. The van der Waals surface area contributed by atoms with Crippen molar-refractivity contribution in [3.8, 4) is 0 Å². The van der Waals surface area contributed by atoms with Crippen LogP contribution in [0.25, 0.3) is 0 Å². The van der Waals surface area contributed by atoms with E-state index in [0.29, 0.717) is 23.2 Å². The lowest BCUT2D eigenvalue weighted by molar-refractivity contribution is 0.0958. The van der Waals surface area contributed by atoms with Gasteiger partial charge in [-0.15, -0.1) is 0 Å². The zero-order chi connectivity index (χ0) is 20.4. The standard InChI is InChI=1S/C21H28N6O2/c1-14-11-24-19(25-20(14)28)15-5-8-27(13-15)16-6-9-26(10-7-16)17-3-4-18(23-12-17)21(29)22-2/h3-4,11-12,15-16H,5-10,13H2,1-2H3,(H,22,29)(H,24,25,28). The lowest BCUT2D eigenvalue weighted by atomic mass is 10.0. The molecule has 2 fully saturated rings. The third-order valence-corrected chi connectivity index (χ3v) is 6.16. The molecule has 0 radical (unpaired) electrons. The summed E-state index contributed by atoms with van der Waals surface area (Å²) in [6, 6.07) is 4.32. The Bertz CT molecular complexity index is 918. The van der Waals surface area contributed by atoms with Gasteiger partial charge in [-0.2, -0.15) is 0 Å². The van der Waals surface area contributed by atoms with E-state index in [9.17, 15) is 9.59 Å². The first kappa shape index (κ1) is 19.6. The Hall–Kier alpha value is -2.74. The van der Waals surface area contributed by atoms with Crippen LogP contribution in [0, 0.1) is 6.92 Å². The number of piperidine rings is 1. The summed E-state index contributed by atoms with van der Waals surface area (Å²) in [7, 11) is 1.61. The average Bonchev–Trinajstić information content (AvgIpc) is 3.25. The second-order valence-corrected chi connectivity index (χ2v) is 7.96. The van der Waals surface area contributed by atoms with Crippen LogP contribution in [-0.4, -0.2) is 65.0 Å². The van der Waals surface area contributed by atoms with Crippen LogP contribution in [0.5, 0.6) is 0 Å². The van der Waals surface area contributed by atoms with Crippen LogP contribution in [0.2, 0.25) is 0 Å². The number of likely N-dealkylation sites (tertiary alicyclic amines) is 1. The number of aryl methyl sites for hydroxylation is 1. The summed E-state index contributed by atoms with van der Waals surface area (Å²) in [6.07, 6.45) is 6.70. The second kappa shape index (κ2) is 8.32. The van der Waals surface area contributed by atoms with Gasteiger partial charge in [0, 0.05) is 50.4 Å². The number of rotatable bonds is 4. The molecule has 1 unspecified atom stereocenters. The Kier molecular flexibility index (Phi) is 5.62. The third-order valence-electron chi connectivity index (χ3n) is 6.16. The van der Waals surface area contributed by atoms with Gasteiger partial charge in [-0.05, 0) is 44.9 Å². The first-order valence-corrected chi connectivity index (χ1v) is 10.3. The molecular weight excluding hydrogens is 368 g/mol. The predicted octanol–water partition coefficient (Wildman–Crippen LogP) is 1.29. The molecule has 4 rings (SSSR count). The fraction of sp³-hybridized carbons (Fsp3) is 0.524. The van der Waals surface area contributed by atoms with Gasteiger partial charge in [0.15, 0.2) is 0 Å². The van der Waals surface area contributed by atoms with E-state index in [0.717, 1.165) is 57.0 Å². The molecule has 2 aliphatic heterocycles. The number of H-pyrrole nitrogens is 1. The van der Waals surface area contributed by atoms with E-state index in [4.69, 9.17) is 0 Å². The van der Waals surface area contributed by atoms with Gasteiger partial charge in [0.05, 0.1) is 11.9 Å². The SMILES string of the molecule is CNC(=O)c1ccc(N2CCC(N3CCC(c4ncc(C)c(=O)[nH]4)C3)CC2)cn1. The molecule has 0 bridgehead atoms. The summed E-state index contributed by atoms with van der Waals surface area (Å²) < 4.78 is 0. The third kappa shape index (κ3) is 4.17. The Labute approximate surface area is 170 Å². The molecule has 0 spiro atoms. The first-order chi connectivity index (χ1) is 14.0. The minimum absolute atomic E-state index is 0.0298. The molecule has 1 atom stereocenters. The molecule has 0 aromatic carbocycles. The van der Waals surface area contributed by atoms with Crippen LogP contribution in [0.15, 0.2) is 29.3 Å². The fourth-order valence-corrected chi connectivity index (χ4v) is 4.35. The van der Waals surface area contributed by atoms with E-state index in [-0.39, 0.29) is 11.5 Å². The number of carbonyl (C=O) groups excluding carboxylic acids is 1. The van der Waals surface area contributed by atoms with Crippen LogP contribution >= 0.6 is 0 Å². The number of nitrogens with one attached hydrogen (secondary N) is 2. The van der Waals surface area contributed by atoms with Gasteiger partial charge in [0.2, 0.25) is 0 Å². The molecule has 8 nitrogen and oxygen atoms in total. The van der Waals surface area contributed by atoms with Gasteiger partial charge in [-0.25, -0.2) is 9.97 Å². The van der Waals surface area contributed by atoms with Gasteiger partial charge in [-0.3, -0.25) is 14.5 Å². The fourth-order valence-electron chi connectivity index (χ4n) is 4.35. The van der Waals surface area contributed by atoms with Crippen molar-refractivity contribution in [2.45, 2.75) is 38.1 Å². The van der Waals surface area contributed by atoms with E-state index in [1.807, 2.05) is 6.07 Å². The van der Waals surface area contributed by atoms with Crippen LogP contribution < -0.4 is 15.8 Å². The minimum Gasteiger partial charge on any atom is -0.370 e. The molecule has 0 aliphatic carbocycles. The van der Waals surface area contributed by atoms with Crippen molar-refractivity contribution < 1.29 is 4.79 Å². The summed E-state index contributed by atoms with van der Waals surface area (Å²) in [5.41, 5.74) is 2.14. The highest BCUT2D eigenvalue weighted by atomic mass is 16.1. The van der Waals surface area contributed by atoms with Crippen LogP contribution in [0.4, 0.5) is 5.69 Å². The summed E-state index contributed by atoms with van der Waals surface area (Å²) in [5.74, 6) is 0.967. The number of amides is 1. The van der Waals surface area contributed by atoms with Crippen molar-refractivity contribution in [1.29, 1.82) is 0 Å². The molecular formula is C21H28N6O2. The maximum Gasteiger partial charge on any atom is 0.269 e. The van der Waals surface area contributed by atoms with Gasteiger partial charge in [-0.1, -0.05) is 0 Å². The van der Waals surface area contributed by atoms with Crippen molar-refractivity contribution in [2.75, 3.05) is 38.1 Å². The Morgan fingerprint density at radius 3 is 2.59 bits per heavy atom. The summed E-state index contributed by atoms with van der Waals surface area (Å²) in [4.78, 5) is 40.1.